The Kier molecular flexibility index (Phi) is 10.4. The fraction of sp³-hybridized carbons (Fsp3) is 0.643. The lowest BCUT2D eigenvalue weighted by molar-refractivity contribution is -0.0972. The van der Waals surface area contributed by atoms with Gasteiger partial charge in [-0.3, -0.25) is 14.6 Å². The maximum atomic E-state index is 13.7. The maximum absolute atomic E-state index is 13.7. The molecule has 3 heterocycles. The maximum Gasteiger partial charge on any atom is 0.264 e. The van der Waals surface area contributed by atoms with Crippen molar-refractivity contribution in [2.24, 2.45) is 17.8 Å². The number of methoxy groups -OCH3 is 1. The minimum atomic E-state index is -3.95. The van der Waals surface area contributed by atoms with E-state index in [1.807, 2.05) is 32.2 Å². The SMILES string of the molecule is CO[C@]1(CN2CCN(C3CCC3)CC2)/C=C/C[C@H](C)[C@@H](C)S(=O)(=O)NC(=O)c2ccc3c(c2)N(C[C@@H]2CC[C@H]21)C[C@@]1(CCCc2cc(Cl)ccc21)CO3. The Hall–Kier alpha value is -2.63. The number of nitrogens with zero attached hydrogens (tertiary/aromatic N) is 3. The number of benzene rings is 2. The highest BCUT2D eigenvalue weighted by Crippen LogP contribution is 2.49. The van der Waals surface area contributed by atoms with Crippen LogP contribution in [-0.2, 0) is 26.6 Å². The van der Waals surface area contributed by atoms with Gasteiger partial charge in [0.2, 0.25) is 10.0 Å². The number of anilines is 1. The second-order valence-electron chi connectivity index (χ2n) is 17.1. The van der Waals surface area contributed by atoms with E-state index < -0.39 is 26.8 Å². The normalized spacial score (nSPS) is 34.4. The third-order valence-electron chi connectivity index (χ3n) is 14.1. The van der Waals surface area contributed by atoms with Crippen LogP contribution in [0.5, 0.6) is 5.75 Å². The van der Waals surface area contributed by atoms with Crippen LogP contribution in [0, 0.1) is 17.8 Å². The van der Waals surface area contributed by atoms with Gasteiger partial charge in [0.05, 0.1) is 17.5 Å². The molecule has 2 bridgehead atoms. The first-order valence-electron chi connectivity index (χ1n) is 20.1. The fourth-order valence-electron chi connectivity index (χ4n) is 10.2. The van der Waals surface area contributed by atoms with E-state index >= 15 is 0 Å². The number of carbonyl (C=O) groups is 1. The second-order valence-corrected chi connectivity index (χ2v) is 19.6. The van der Waals surface area contributed by atoms with Gasteiger partial charge in [-0.15, -0.1) is 0 Å². The van der Waals surface area contributed by atoms with Gasteiger partial charge >= 0.3 is 0 Å². The Bertz CT molecular complexity index is 1830. The number of fused-ring (bicyclic) bond motifs is 4. The predicted molar refractivity (Wildman–Crippen MR) is 211 cm³/mol. The molecule has 1 N–H and O–H groups in total. The number of amides is 1. The number of halogens is 1. The van der Waals surface area contributed by atoms with Crippen molar-refractivity contribution in [3.05, 3.63) is 70.3 Å². The minimum absolute atomic E-state index is 0.206. The number of allylic oxidation sites excluding steroid dienone is 1. The number of aryl methyl sites for hydroxylation is 1. The van der Waals surface area contributed by atoms with Crippen LogP contribution in [0.1, 0.15) is 86.7 Å². The Labute approximate surface area is 321 Å². The summed E-state index contributed by atoms with van der Waals surface area (Å²) >= 11 is 6.51. The molecule has 3 aliphatic carbocycles. The molecule has 8 rings (SSSR count). The molecule has 288 valence electrons. The van der Waals surface area contributed by atoms with E-state index in [0.717, 1.165) is 100 Å². The number of hydrogen-bond donors (Lipinski definition) is 1. The molecule has 2 aromatic carbocycles. The zero-order valence-corrected chi connectivity index (χ0v) is 33.3. The van der Waals surface area contributed by atoms with Gasteiger partial charge in [0.1, 0.15) is 11.4 Å². The Morgan fingerprint density at radius 3 is 2.55 bits per heavy atom. The van der Waals surface area contributed by atoms with E-state index in [1.165, 1.54) is 30.4 Å². The lowest BCUT2D eigenvalue weighted by atomic mass is 9.63. The monoisotopic (exact) mass is 764 g/mol. The molecule has 0 aromatic heterocycles. The first-order chi connectivity index (χ1) is 25.5. The van der Waals surface area contributed by atoms with E-state index in [0.29, 0.717) is 24.5 Å². The van der Waals surface area contributed by atoms with Crippen molar-refractivity contribution in [3.63, 3.8) is 0 Å². The summed E-state index contributed by atoms with van der Waals surface area (Å²) in [6, 6.07) is 12.5. The summed E-state index contributed by atoms with van der Waals surface area (Å²) in [5.41, 5.74) is 2.97. The largest absolute Gasteiger partial charge is 0.490 e. The van der Waals surface area contributed by atoms with Crippen molar-refractivity contribution in [1.82, 2.24) is 14.5 Å². The smallest absolute Gasteiger partial charge is 0.264 e. The van der Waals surface area contributed by atoms with Crippen LogP contribution in [0.15, 0.2) is 48.6 Å². The Morgan fingerprint density at radius 2 is 1.83 bits per heavy atom. The lowest BCUT2D eigenvalue weighted by Crippen LogP contribution is -2.60. The Balaban J connectivity index is 1.17. The van der Waals surface area contributed by atoms with Gasteiger partial charge < -0.3 is 14.4 Å². The number of ether oxygens (including phenoxy) is 2. The van der Waals surface area contributed by atoms with Gasteiger partial charge in [0.25, 0.3) is 5.91 Å². The molecule has 3 fully saturated rings. The quantitative estimate of drug-likeness (QED) is 0.356. The fourth-order valence-corrected chi connectivity index (χ4v) is 11.7. The molecule has 1 spiro atoms. The van der Waals surface area contributed by atoms with E-state index in [4.69, 9.17) is 21.1 Å². The highest BCUT2D eigenvalue weighted by atomic mass is 35.5. The van der Waals surface area contributed by atoms with Crippen molar-refractivity contribution in [3.8, 4) is 5.75 Å². The molecule has 0 radical (unpaired) electrons. The first-order valence-corrected chi connectivity index (χ1v) is 22.0. The molecule has 6 aliphatic rings. The van der Waals surface area contributed by atoms with Gasteiger partial charge in [0, 0.05) is 75.0 Å². The van der Waals surface area contributed by atoms with Crippen molar-refractivity contribution in [1.29, 1.82) is 0 Å². The zero-order valence-electron chi connectivity index (χ0n) is 31.7. The molecule has 0 unspecified atom stereocenters. The summed E-state index contributed by atoms with van der Waals surface area (Å²) in [4.78, 5) is 21.4. The highest BCUT2D eigenvalue weighted by Gasteiger charge is 2.50. The standard InChI is InChI=1S/C42H57ClN4O5S/c1-29-7-5-18-42(51-3,27-45-19-21-46(22-20-45)35-9-4-10-35)37-14-11-33(37)25-47-26-41(17-6-8-31-23-34(43)13-15-36(31)41)28-52-39-16-12-32(24-38(39)47)40(48)44-53(49,50)30(29)2/h5,12-13,15-16,18,23-24,29-30,33,35,37H,4,6-11,14,17,19-22,25-28H2,1-3H3,(H,44,48)/b18-5+/t29-,30+,33-,37+,41-,42-/m0/s1. The van der Waals surface area contributed by atoms with Gasteiger partial charge in [-0.1, -0.05) is 43.2 Å². The van der Waals surface area contributed by atoms with Crippen molar-refractivity contribution >= 4 is 33.2 Å². The van der Waals surface area contributed by atoms with Crippen molar-refractivity contribution < 1.29 is 22.7 Å². The molecule has 3 aliphatic heterocycles. The van der Waals surface area contributed by atoms with Crippen LogP contribution in [0.2, 0.25) is 5.02 Å². The molecule has 1 saturated heterocycles. The van der Waals surface area contributed by atoms with Gasteiger partial charge in [0.15, 0.2) is 0 Å². The average molecular weight is 765 g/mol. The molecule has 1 amide bonds. The van der Waals surface area contributed by atoms with E-state index in [1.54, 1.807) is 13.0 Å². The summed E-state index contributed by atoms with van der Waals surface area (Å²) in [5.74, 6) is 0.550. The number of rotatable bonds is 4. The summed E-state index contributed by atoms with van der Waals surface area (Å²) in [7, 11) is -2.08. The summed E-state index contributed by atoms with van der Waals surface area (Å²) < 4.78 is 43.1. The van der Waals surface area contributed by atoms with Crippen molar-refractivity contribution in [2.75, 3.05) is 64.4 Å². The molecule has 11 heteroatoms. The zero-order chi connectivity index (χ0) is 37.0. The number of carbonyl (C=O) groups excluding carboxylic acids is 1. The summed E-state index contributed by atoms with van der Waals surface area (Å²) in [6.45, 7) is 10.8. The third-order valence-corrected chi connectivity index (χ3v) is 16.2. The Morgan fingerprint density at radius 1 is 1.02 bits per heavy atom. The highest BCUT2D eigenvalue weighted by molar-refractivity contribution is 7.90. The van der Waals surface area contributed by atoms with E-state index in [-0.39, 0.29) is 17.3 Å². The molecular formula is C42H57ClN4O5S. The van der Waals surface area contributed by atoms with Crippen LogP contribution in [-0.4, -0.2) is 101 Å². The number of hydrogen-bond acceptors (Lipinski definition) is 8. The summed E-state index contributed by atoms with van der Waals surface area (Å²) in [5, 5.41) is -0.0129. The molecule has 2 aromatic rings. The van der Waals surface area contributed by atoms with E-state index in [9.17, 15) is 13.2 Å². The van der Waals surface area contributed by atoms with Crippen LogP contribution >= 0.6 is 11.6 Å². The van der Waals surface area contributed by atoms with E-state index in [2.05, 4.69) is 43.7 Å². The molecule has 6 atom stereocenters. The average Bonchev–Trinajstić information content (AvgIpc) is 3.25. The second kappa shape index (κ2) is 14.8. The molecule has 53 heavy (non-hydrogen) atoms. The number of nitrogens with one attached hydrogen (secondary N) is 1. The van der Waals surface area contributed by atoms with Crippen LogP contribution in [0.3, 0.4) is 0 Å². The lowest BCUT2D eigenvalue weighted by Gasteiger charge is -2.52. The third kappa shape index (κ3) is 7.16. The van der Waals surface area contributed by atoms with Crippen molar-refractivity contribution in [2.45, 2.75) is 93.9 Å². The number of sulfonamides is 1. The predicted octanol–water partition coefficient (Wildman–Crippen LogP) is 6.44. The van der Waals surface area contributed by atoms with Crippen LogP contribution in [0.4, 0.5) is 5.69 Å². The summed E-state index contributed by atoms with van der Waals surface area (Å²) in [6.07, 6.45) is 14.2. The van der Waals surface area contributed by atoms with Gasteiger partial charge in [-0.2, -0.15) is 0 Å². The minimum Gasteiger partial charge on any atom is -0.490 e. The molecular weight excluding hydrogens is 708 g/mol. The topological polar surface area (TPSA) is 91.4 Å². The van der Waals surface area contributed by atoms with Gasteiger partial charge in [-0.25, -0.2) is 13.1 Å². The van der Waals surface area contributed by atoms with Crippen LogP contribution in [0.25, 0.3) is 0 Å². The van der Waals surface area contributed by atoms with Crippen LogP contribution < -0.4 is 14.4 Å². The molecule has 9 nitrogen and oxygen atoms in total. The van der Waals surface area contributed by atoms with Gasteiger partial charge in [-0.05, 0) is 118 Å². The number of piperazine rings is 1. The first kappa shape index (κ1) is 37.3. The molecule has 2 saturated carbocycles.